The third-order valence-corrected chi connectivity index (χ3v) is 10.7. The molecule has 284 valence electrons. The molecular weight excluding hydrogens is 741 g/mol. The Morgan fingerprint density at radius 2 is 1.89 bits per heavy atom. The Labute approximate surface area is 315 Å². The van der Waals surface area contributed by atoms with Gasteiger partial charge in [0.25, 0.3) is 11.5 Å². The summed E-state index contributed by atoms with van der Waals surface area (Å²) < 4.78 is 54.9. The third-order valence-electron chi connectivity index (χ3n) is 10.4. The number of anilines is 2. The first-order valence-corrected chi connectivity index (χ1v) is 18.2. The second kappa shape index (κ2) is 13.3. The Morgan fingerprint density at radius 3 is 2.64 bits per heavy atom. The molecule has 0 spiro atoms. The van der Waals surface area contributed by atoms with Crippen molar-refractivity contribution in [1.29, 1.82) is 0 Å². The monoisotopic (exact) mass is 774 g/mol. The quantitative estimate of drug-likeness (QED) is 0.204. The van der Waals surface area contributed by atoms with Crippen LogP contribution in [0.2, 0.25) is 5.02 Å². The minimum atomic E-state index is -4.55. The zero-order chi connectivity index (χ0) is 38.1. The predicted molar refractivity (Wildman–Crippen MR) is 196 cm³/mol. The lowest BCUT2D eigenvalue weighted by atomic mass is 10.0. The first-order chi connectivity index (χ1) is 26.5. The SMILES string of the molecule is CCc1c(N2CCN(C(=O)c3nccc4[nH]cnc34)CC2)c(=O)n2nc(-c3ccc4c(c3)CCOC4)nc2n1CC1(Nc2ccc(C(F)(F)F)cc2Cl)CO1. The molecular formula is C37H34ClF3N10O4. The maximum Gasteiger partial charge on any atom is 0.416 e. The van der Waals surface area contributed by atoms with E-state index in [1.165, 1.54) is 16.9 Å². The molecule has 2 fully saturated rings. The predicted octanol–water partition coefficient (Wildman–Crippen LogP) is 4.94. The van der Waals surface area contributed by atoms with Crippen LogP contribution in [0.15, 0.2) is 59.8 Å². The standard InChI is InChI=1S/C37H34ClF3N10O4/c1-2-28-31(48-10-12-49(13-11-48)33(52)30-29-27(7-9-42-30)43-20-44-29)34(53)51-35(45-32(47-51)22-3-4-23-17-54-14-8-21(23)15-22)50(28)18-36(19-55-36)46-26-6-5-24(16-25(26)38)37(39,40)41/h3-7,9,15-16,20,46H,2,8,10-14,17-19H2,1H3,(H,43,44). The summed E-state index contributed by atoms with van der Waals surface area (Å²) in [6.45, 7) is 4.76. The van der Waals surface area contributed by atoms with Crippen molar-refractivity contribution in [3.63, 3.8) is 0 Å². The average molecular weight is 775 g/mol. The lowest BCUT2D eigenvalue weighted by Gasteiger charge is -2.36. The first-order valence-electron chi connectivity index (χ1n) is 17.9. The van der Waals surface area contributed by atoms with Gasteiger partial charge in [-0.15, -0.1) is 5.10 Å². The van der Waals surface area contributed by atoms with E-state index >= 15 is 0 Å². The lowest BCUT2D eigenvalue weighted by Crippen LogP contribution is -2.51. The number of carbonyl (C=O) groups excluding carboxylic acids is 1. The van der Waals surface area contributed by atoms with Gasteiger partial charge in [0.15, 0.2) is 17.2 Å². The summed E-state index contributed by atoms with van der Waals surface area (Å²) >= 11 is 6.35. The molecule has 7 heterocycles. The fraction of sp³-hybridized carbons (Fsp3) is 0.351. The molecule has 9 rings (SSSR count). The van der Waals surface area contributed by atoms with Crippen molar-refractivity contribution in [2.45, 2.75) is 44.8 Å². The number of halogens is 4. The first kappa shape index (κ1) is 35.2. The molecule has 3 aliphatic rings. The van der Waals surface area contributed by atoms with Crippen LogP contribution < -0.4 is 15.8 Å². The van der Waals surface area contributed by atoms with E-state index in [9.17, 15) is 22.8 Å². The molecule has 0 aliphatic carbocycles. The summed E-state index contributed by atoms with van der Waals surface area (Å²) in [6.07, 6.45) is -0.299. The van der Waals surface area contributed by atoms with Crippen molar-refractivity contribution in [3.8, 4) is 11.4 Å². The Bertz CT molecular complexity index is 2540. The highest BCUT2D eigenvalue weighted by Gasteiger charge is 2.47. The van der Waals surface area contributed by atoms with Crippen molar-refractivity contribution < 1.29 is 27.4 Å². The number of nitrogens with zero attached hydrogens (tertiary/aromatic N) is 8. The number of pyridine rings is 1. The third kappa shape index (κ3) is 6.34. The van der Waals surface area contributed by atoms with Crippen LogP contribution in [0.4, 0.5) is 24.5 Å². The zero-order valence-corrected chi connectivity index (χ0v) is 30.2. The minimum absolute atomic E-state index is 0.111. The van der Waals surface area contributed by atoms with Gasteiger partial charge in [-0.25, -0.2) is 9.97 Å². The number of aromatic amines is 1. The molecule has 1 unspecified atom stereocenters. The van der Waals surface area contributed by atoms with Crippen LogP contribution >= 0.6 is 11.6 Å². The van der Waals surface area contributed by atoms with Gasteiger partial charge >= 0.3 is 6.18 Å². The number of rotatable bonds is 8. The average Bonchev–Trinajstić information content (AvgIpc) is 3.53. The van der Waals surface area contributed by atoms with Crippen molar-refractivity contribution in [2.24, 2.45) is 0 Å². The molecule has 0 radical (unpaired) electrons. The van der Waals surface area contributed by atoms with E-state index in [1.54, 1.807) is 17.2 Å². The normalized spacial score (nSPS) is 18.6. The van der Waals surface area contributed by atoms with Crippen molar-refractivity contribution >= 4 is 45.7 Å². The Kier molecular flexibility index (Phi) is 8.54. The summed E-state index contributed by atoms with van der Waals surface area (Å²) in [5.41, 5.74) is 3.47. The molecule has 14 nitrogen and oxygen atoms in total. The van der Waals surface area contributed by atoms with Gasteiger partial charge in [0.1, 0.15) is 11.2 Å². The van der Waals surface area contributed by atoms with E-state index in [4.69, 9.17) is 31.2 Å². The minimum Gasteiger partial charge on any atom is -0.376 e. The number of fused-ring (bicyclic) bond motifs is 3. The van der Waals surface area contributed by atoms with Crippen molar-refractivity contribution in [1.82, 2.24) is 39.0 Å². The summed E-state index contributed by atoms with van der Waals surface area (Å²) in [5.74, 6) is 0.391. The van der Waals surface area contributed by atoms with Gasteiger partial charge < -0.3 is 34.1 Å². The molecule has 4 aromatic heterocycles. The second-order valence-electron chi connectivity index (χ2n) is 13.8. The molecule has 1 amide bonds. The Hall–Kier alpha value is -5.52. The van der Waals surface area contributed by atoms with Crippen LogP contribution in [0.3, 0.4) is 0 Å². The number of benzene rings is 2. The van der Waals surface area contributed by atoms with Gasteiger partial charge in [0, 0.05) is 43.6 Å². The van der Waals surface area contributed by atoms with Crippen LogP contribution in [0.5, 0.6) is 0 Å². The number of carbonyl (C=O) groups is 1. The summed E-state index contributed by atoms with van der Waals surface area (Å²) in [4.78, 5) is 48.4. The van der Waals surface area contributed by atoms with Crippen molar-refractivity contribution in [2.75, 3.05) is 49.6 Å². The van der Waals surface area contributed by atoms with E-state index in [-0.39, 0.29) is 46.8 Å². The number of epoxide rings is 1. The van der Waals surface area contributed by atoms with Gasteiger partial charge in [0.2, 0.25) is 5.78 Å². The number of piperazine rings is 1. The second-order valence-corrected chi connectivity index (χ2v) is 14.2. The number of H-pyrrole nitrogens is 1. The van der Waals surface area contributed by atoms with Crippen LogP contribution in [0.1, 0.15) is 39.8 Å². The number of imidazole rings is 1. The number of alkyl halides is 3. The smallest absolute Gasteiger partial charge is 0.376 e. The van der Waals surface area contributed by atoms with Gasteiger partial charge in [-0.05, 0) is 54.3 Å². The number of nitrogens with one attached hydrogen (secondary N) is 2. The highest BCUT2D eigenvalue weighted by atomic mass is 35.5. The van der Waals surface area contributed by atoms with Crippen LogP contribution in [0, 0.1) is 0 Å². The van der Waals surface area contributed by atoms with E-state index in [0.717, 1.165) is 35.2 Å². The number of amides is 1. The van der Waals surface area contributed by atoms with E-state index in [0.29, 0.717) is 74.1 Å². The molecule has 18 heteroatoms. The van der Waals surface area contributed by atoms with Gasteiger partial charge in [-0.2, -0.15) is 22.7 Å². The largest absolute Gasteiger partial charge is 0.416 e. The highest BCUT2D eigenvalue weighted by molar-refractivity contribution is 6.33. The number of hydrogen-bond acceptors (Lipinski definition) is 10. The maximum atomic E-state index is 14.6. The molecule has 2 aromatic carbocycles. The number of aromatic nitrogens is 7. The summed E-state index contributed by atoms with van der Waals surface area (Å²) in [7, 11) is 0. The molecule has 1 atom stereocenters. The van der Waals surface area contributed by atoms with E-state index < -0.39 is 17.5 Å². The summed E-state index contributed by atoms with van der Waals surface area (Å²) in [5, 5.41) is 7.85. The van der Waals surface area contributed by atoms with Gasteiger partial charge in [0.05, 0.1) is 54.5 Å². The van der Waals surface area contributed by atoms with Gasteiger partial charge in [-0.1, -0.05) is 30.7 Å². The number of hydrogen-bond donors (Lipinski definition) is 2. The highest BCUT2D eigenvalue weighted by Crippen LogP contribution is 2.39. The van der Waals surface area contributed by atoms with Crippen molar-refractivity contribution in [3.05, 3.63) is 98.4 Å². The van der Waals surface area contributed by atoms with Crippen LogP contribution in [0.25, 0.3) is 28.2 Å². The van der Waals surface area contributed by atoms with Crippen LogP contribution in [-0.4, -0.2) is 90.0 Å². The molecule has 3 aliphatic heterocycles. The lowest BCUT2D eigenvalue weighted by molar-refractivity contribution is -0.137. The van der Waals surface area contributed by atoms with E-state index in [1.807, 2.05) is 34.6 Å². The van der Waals surface area contributed by atoms with Gasteiger partial charge in [-0.3, -0.25) is 9.59 Å². The number of ether oxygens (including phenoxy) is 2. The fourth-order valence-electron chi connectivity index (χ4n) is 7.45. The molecule has 2 saturated heterocycles. The van der Waals surface area contributed by atoms with E-state index in [2.05, 4.69) is 20.3 Å². The molecule has 6 aromatic rings. The Morgan fingerprint density at radius 1 is 1.07 bits per heavy atom. The maximum absolute atomic E-state index is 14.6. The summed E-state index contributed by atoms with van der Waals surface area (Å²) in [6, 6.07) is 10.8. The fourth-order valence-corrected chi connectivity index (χ4v) is 7.67. The molecule has 0 bridgehead atoms. The van der Waals surface area contributed by atoms with Crippen LogP contribution in [-0.2, 0) is 41.6 Å². The topological polar surface area (TPSA) is 151 Å². The zero-order valence-electron chi connectivity index (χ0n) is 29.5. The molecule has 0 saturated carbocycles. The molecule has 2 N–H and O–H groups in total. The Balaban J connectivity index is 1.09. The molecule has 55 heavy (non-hydrogen) atoms.